The van der Waals surface area contributed by atoms with E-state index in [9.17, 15) is 14.3 Å². The van der Waals surface area contributed by atoms with E-state index in [4.69, 9.17) is 0 Å². The number of benzene rings is 1. The van der Waals surface area contributed by atoms with E-state index in [1.54, 1.807) is 19.1 Å². The number of fused-ring (bicyclic) bond motifs is 1. The van der Waals surface area contributed by atoms with E-state index in [-0.39, 0.29) is 18.3 Å². The lowest BCUT2D eigenvalue weighted by atomic mass is 9.96. The van der Waals surface area contributed by atoms with Crippen molar-refractivity contribution in [3.05, 3.63) is 41.3 Å². The second kappa shape index (κ2) is 6.45. The molecule has 2 N–H and O–H groups in total. The number of carbonyl (C=O) groups is 1. The summed E-state index contributed by atoms with van der Waals surface area (Å²) in [6, 6.07) is 5.90. The minimum absolute atomic E-state index is 0.233. The number of thioether (sulfide) groups is 1. The zero-order chi connectivity index (χ0) is 16.4. The minimum Gasteiger partial charge on any atom is -0.388 e. The van der Waals surface area contributed by atoms with E-state index in [0.29, 0.717) is 35.0 Å². The van der Waals surface area contributed by atoms with Gasteiger partial charge < -0.3 is 10.4 Å². The number of aliphatic hydroxyl groups is 1. The maximum Gasteiger partial charge on any atom is 0.252 e. The zero-order valence-electron chi connectivity index (χ0n) is 12.9. The van der Waals surface area contributed by atoms with Crippen molar-refractivity contribution in [1.82, 2.24) is 10.3 Å². The van der Waals surface area contributed by atoms with E-state index in [0.717, 1.165) is 11.5 Å². The Morgan fingerprint density at radius 1 is 1.39 bits per heavy atom. The number of nitrogens with zero attached hydrogens (tertiary/aromatic N) is 1. The minimum atomic E-state index is -0.828. The van der Waals surface area contributed by atoms with Gasteiger partial charge in [0.05, 0.1) is 16.7 Å². The molecular weight excluding hydrogens is 315 g/mol. The monoisotopic (exact) mass is 334 g/mol. The number of carbonyl (C=O) groups excluding carboxylic acids is 1. The molecule has 1 aromatic heterocycles. The molecule has 0 atom stereocenters. The highest BCUT2D eigenvalue weighted by Crippen LogP contribution is 2.26. The molecule has 0 unspecified atom stereocenters. The molecule has 1 aliphatic heterocycles. The third-order valence-electron chi connectivity index (χ3n) is 4.15. The summed E-state index contributed by atoms with van der Waals surface area (Å²) >= 11 is 1.82. The van der Waals surface area contributed by atoms with Crippen LogP contribution in [-0.4, -0.2) is 39.6 Å². The van der Waals surface area contributed by atoms with Crippen LogP contribution in [0.2, 0.25) is 0 Å². The summed E-state index contributed by atoms with van der Waals surface area (Å²) in [7, 11) is 0. The van der Waals surface area contributed by atoms with Gasteiger partial charge in [0.1, 0.15) is 5.82 Å². The summed E-state index contributed by atoms with van der Waals surface area (Å²) in [6.07, 6.45) is 1.36. The zero-order valence-corrected chi connectivity index (χ0v) is 13.8. The van der Waals surface area contributed by atoms with Gasteiger partial charge in [0.15, 0.2) is 0 Å². The van der Waals surface area contributed by atoms with Crippen LogP contribution in [0.1, 0.15) is 28.9 Å². The van der Waals surface area contributed by atoms with E-state index in [2.05, 4.69) is 10.3 Å². The van der Waals surface area contributed by atoms with E-state index in [1.807, 2.05) is 11.8 Å². The Balaban J connectivity index is 1.83. The smallest absolute Gasteiger partial charge is 0.252 e. The molecule has 1 amide bonds. The van der Waals surface area contributed by atoms with Crippen molar-refractivity contribution in [2.45, 2.75) is 25.4 Å². The van der Waals surface area contributed by atoms with Crippen molar-refractivity contribution in [2.24, 2.45) is 0 Å². The van der Waals surface area contributed by atoms with Gasteiger partial charge in [-0.2, -0.15) is 11.8 Å². The Bertz CT molecular complexity index is 739. The molecule has 4 nitrogen and oxygen atoms in total. The third-order valence-corrected chi connectivity index (χ3v) is 5.13. The molecule has 1 fully saturated rings. The molecule has 1 aromatic carbocycles. The molecular formula is C17H19FN2O2S. The summed E-state index contributed by atoms with van der Waals surface area (Å²) < 4.78 is 13.4. The Hall–Kier alpha value is -1.66. The van der Waals surface area contributed by atoms with Gasteiger partial charge in [0.2, 0.25) is 0 Å². The first-order chi connectivity index (χ1) is 11.0. The molecule has 0 bridgehead atoms. The molecule has 3 rings (SSSR count). The first-order valence-electron chi connectivity index (χ1n) is 7.62. The van der Waals surface area contributed by atoms with Gasteiger partial charge >= 0.3 is 0 Å². The van der Waals surface area contributed by atoms with Crippen molar-refractivity contribution in [2.75, 3.05) is 18.1 Å². The highest BCUT2D eigenvalue weighted by molar-refractivity contribution is 7.99. The molecule has 6 heteroatoms. The molecule has 122 valence electrons. The number of pyridine rings is 1. The summed E-state index contributed by atoms with van der Waals surface area (Å²) in [6.45, 7) is 2.00. The number of aromatic nitrogens is 1. The Kier molecular flexibility index (Phi) is 4.55. The normalized spacial score (nSPS) is 17.2. The Morgan fingerprint density at radius 3 is 2.87 bits per heavy atom. The van der Waals surface area contributed by atoms with Crippen LogP contribution >= 0.6 is 11.8 Å². The van der Waals surface area contributed by atoms with E-state index < -0.39 is 5.60 Å². The van der Waals surface area contributed by atoms with Gasteiger partial charge in [-0.15, -0.1) is 0 Å². The molecule has 0 saturated carbocycles. The number of hydrogen-bond acceptors (Lipinski definition) is 4. The van der Waals surface area contributed by atoms with Crippen LogP contribution in [0.4, 0.5) is 4.39 Å². The maximum atomic E-state index is 13.4. The summed E-state index contributed by atoms with van der Waals surface area (Å²) in [5.41, 5.74) is 0.746. The fourth-order valence-corrected chi connectivity index (χ4v) is 4.04. The van der Waals surface area contributed by atoms with Gasteiger partial charge in [0.25, 0.3) is 5.91 Å². The van der Waals surface area contributed by atoms with Crippen LogP contribution in [0.3, 0.4) is 0 Å². The van der Waals surface area contributed by atoms with Crippen molar-refractivity contribution in [3.63, 3.8) is 0 Å². The number of amides is 1. The van der Waals surface area contributed by atoms with Crippen LogP contribution in [0, 0.1) is 12.7 Å². The molecule has 0 aliphatic carbocycles. The lowest BCUT2D eigenvalue weighted by molar-refractivity contribution is 0.0311. The molecule has 2 aromatic rings. The number of nitrogens with one attached hydrogen (secondary N) is 1. The van der Waals surface area contributed by atoms with Gasteiger partial charge in [-0.1, -0.05) is 0 Å². The number of aryl methyl sites for hydroxylation is 1. The highest BCUT2D eigenvalue weighted by atomic mass is 32.2. The van der Waals surface area contributed by atoms with E-state index >= 15 is 0 Å². The second-order valence-electron chi connectivity index (χ2n) is 5.99. The lowest BCUT2D eigenvalue weighted by Crippen LogP contribution is -2.45. The highest BCUT2D eigenvalue weighted by Gasteiger charge is 2.30. The van der Waals surface area contributed by atoms with Crippen LogP contribution in [0.15, 0.2) is 24.3 Å². The summed E-state index contributed by atoms with van der Waals surface area (Å²) in [4.78, 5) is 16.8. The Labute approximate surface area is 138 Å². The molecule has 0 radical (unpaired) electrons. The second-order valence-corrected chi connectivity index (χ2v) is 7.22. The average molecular weight is 334 g/mol. The quantitative estimate of drug-likeness (QED) is 0.906. The largest absolute Gasteiger partial charge is 0.388 e. The van der Waals surface area contributed by atoms with Crippen molar-refractivity contribution >= 4 is 28.6 Å². The summed E-state index contributed by atoms with van der Waals surface area (Å²) in [5.74, 6) is 1.17. The van der Waals surface area contributed by atoms with Gasteiger partial charge in [-0.05, 0) is 49.5 Å². The third kappa shape index (κ3) is 3.64. The summed E-state index contributed by atoms with van der Waals surface area (Å²) in [5, 5.41) is 13.9. The molecule has 23 heavy (non-hydrogen) atoms. The molecule has 0 spiro atoms. The predicted molar refractivity (Wildman–Crippen MR) is 90.3 cm³/mol. The average Bonchev–Trinajstić information content (AvgIpc) is 2.52. The SMILES string of the molecule is Cc1cc(C(=O)NCC2(O)CCSCC2)c2ccc(F)cc2n1. The standard InChI is InChI=1S/C17H19FN2O2S/c1-11-8-14(13-3-2-12(18)9-15(13)20-11)16(21)19-10-17(22)4-6-23-7-5-17/h2-3,8-9,22H,4-7,10H2,1H3,(H,19,21). The fourth-order valence-electron chi connectivity index (χ4n) is 2.79. The number of hydrogen-bond donors (Lipinski definition) is 2. The molecule has 2 heterocycles. The molecule has 1 aliphatic rings. The first kappa shape index (κ1) is 16.2. The van der Waals surface area contributed by atoms with Crippen molar-refractivity contribution in [1.29, 1.82) is 0 Å². The molecule has 1 saturated heterocycles. The van der Waals surface area contributed by atoms with Gasteiger partial charge in [-0.25, -0.2) is 4.39 Å². The fraction of sp³-hybridized carbons (Fsp3) is 0.412. The van der Waals surface area contributed by atoms with Crippen LogP contribution in [0.25, 0.3) is 10.9 Å². The van der Waals surface area contributed by atoms with Crippen LogP contribution in [0.5, 0.6) is 0 Å². The predicted octanol–water partition coefficient (Wildman–Crippen LogP) is 2.67. The Morgan fingerprint density at radius 2 is 2.13 bits per heavy atom. The lowest BCUT2D eigenvalue weighted by Gasteiger charge is -2.31. The van der Waals surface area contributed by atoms with Gasteiger partial charge in [0, 0.05) is 23.7 Å². The van der Waals surface area contributed by atoms with E-state index in [1.165, 1.54) is 12.1 Å². The van der Waals surface area contributed by atoms with Crippen molar-refractivity contribution in [3.8, 4) is 0 Å². The maximum absolute atomic E-state index is 13.4. The van der Waals surface area contributed by atoms with Crippen LogP contribution < -0.4 is 5.32 Å². The topological polar surface area (TPSA) is 62.2 Å². The number of halogens is 1. The first-order valence-corrected chi connectivity index (χ1v) is 8.78. The van der Waals surface area contributed by atoms with Gasteiger partial charge in [-0.3, -0.25) is 9.78 Å². The van der Waals surface area contributed by atoms with Crippen LogP contribution in [-0.2, 0) is 0 Å². The van der Waals surface area contributed by atoms with Crippen molar-refractivity contribution < 1.29 is 14.3 Å². The number of rotatable bonds is 3.